The highest BCUT2D eigenvalue weighted by Gasteiger charge is 2.27. The van der Waals surface area contributed by atoms with E-state index >= 15 is 0 Å². The number of aromatic nitrogens is 3. The van der Waals surface area contributed by atoms with Gasteiger partial charge in [-0.15, -0.1) is 11.3 Å². The van der Waals surface area contributed by atoms with Gasteiger partial charge in [0.25, 0.3) is 5.91 Å². The molecule has 1 aliphatic rings. The number of piperazine rings is 1. The Morgan fingerprint density at radius 1 is 1.06 bits per heavy atom. The van der Waals surface area contributed by atoms with Gasteiger partial charge in [0, 0.05) is 49.9 Å². The maximum Gasteiger partial charge on any atom is 0.257 e. The number of nitrogens with zero attached hydrogens (tertiary/aromatic N) is 5. The molecule has 35 heavy (non-hydrogen) atoms. The molecular weight excluding hydrogens is 458 g/mol. The highest BCUT2D eigenvalue weighted by Crippen LogP contribution is 2.28. The maximum absolute atomic E-state index is 13.7. The quantitative estimate of drug-likeness (QED) is 0.383. The van der Waals surface area contributed by atoms with Crippen LogP contribution in [0.2, 0.25) is 0 Å². The molecule has 1 fully saturated rings. The summed E-state index contributed by atoms with van der Waals surface area (Å²) in [6.07, 6.45) is 2.82. The zero-order valence-corrected chi connectivity index (χ0v) is 20.9. The second-order valence-electron chi connectivity index (χ2n) is 8.56. The van der Waals surface area contributed by atoms with E-state index in [1.165, 1.54) is 5.01 Å². The largest absolute Gasteiger partial charge is 0.497 e. The molecule has 8 heteroatoms. The number of carbonyl (C=O) groups excluding carboxylic acids is 1. The van der Waals surface area contributed by atoms with Gasteiger partial charge >= 0.3 is 0 Å². The molecule has 0 unspecified atom stereocenters. The Morgan fingerprint density at radius 3 is 2.57 bits per heavy atom. The predicted molar refractivity (Wildman–Crippen MR) is 138 cm³/mol. The highest BCUT2D eigenvalue weighted by molar-refractivity contribution is 7.09. The second-order valence-corrected chi connectivity index (χ2v) is 9.50. The van der Waals surface area contributed by atoms with E-state index in [2.05, 4.69) is 17.2 Å². The molecule has 0 bridgehead atoms. The summed E-state index contributed by atoms with van der Waals surface area (Å²) in [5, 5.41) is 8.14. The Labute approximate surface area is 209 Å². The van der Waals surface area contributed by atoms with Crippen LogP contribution in [-0.4, -0.2) is 63.8 Å². The van der Waals surface area contributed by atoms with Crippen molar-refractivity contribution in [1.29, 1.82) is 0 Å². The van der Waals surface area contributed by atoms with Gasteiger partial charge in [-0.05, 0) is 30.7 Å². The van der Waals surface area contributed by atoms with Gasteiger partial charge in [-0.3, -0.25) is 9.69 Å². The summed E-state index contributed by atoms with van der Waals surface area (Å²) >= 11 is 1.72. The standard InChI is InChI=1S/C27H29N5O2S/c1-3-25-28-21(19-35-25)17-30-12-14-31(15-13-30)27(33)24-18-32(22-9-5-4-6-10-22)29-26(24)20-8-7-11-23(16-20)34-2/h4-11,16,18-19H,3,12-15,17H2,1-2H3. The zero-order valence-electron chi connectivity index (χ0n) is 20.1. The first-order chi connectivity index (χ1) is 17.1. The Kier molecular flexibility index (Phi) is 6.92. The van der Waals surface area contributed by atoms with E-state index in [4.69, 9.17) is 14.8 Å². The number of rotatable bonds is 7. The molecule has 0 saturated carbocycles. The minimum absolute atomic E-state index is 0.00609. The highest BCUT2D eigenvalue weighted by atomic mass is 32.1. The summed E-state index contributed by atoms with van der Waals surface area (Å²) < 4.78 is 7.20. The van der Waals surface area contributed by atoms with Crippen LogP contribution < -0.4 is 4.74 Å². The van der Waals surface area contributed by atoms with Crippen LogP contribution in [0, 0.1) is 0 Å². The van der Waals surface area contributed by atoms with E-state index < -0.39 is 0 Å². The van der Waals surface area contributed by atoms with Crippen LogP contribution in [0.4, 0.5) is 0 Å². The number of carbonyl (C=O) groups is 1. The first-order valence-electron chi connectivity index (χ1n) is 11.9. The van der Waals surface area contributed by atoms with E-state index in [9.17, 15) is 4.79 Å². The molecule has 1 aliphatic heterocycles. The minimum Gasteiger partial charge on any atom is -0.497 e. The number of amides is 1. The van der Waals surface area contributed by atoms with Crippen LogP contribution in [0.25, 0.3) is 16.9 Å². The van der Waals surface area contributed by atoms with Crippen LogP contribution in [0.15, 0.2) is 66.2 Å². The van der Waals surface area contributed by atoms with Crippen LogP contribution >= 0.6 is 11.3 Å². The van der Waals surface area contributed by atoms with Gasteiger partial charge in [-0.25, -0.2) is 9.67 Å². The van der Waals surface area contributed by atoms with E-state index in [1.807, 2.05) is 65.7 Å². The number of thiazole rings is 1. The van der Waals surface area contributed by atoms with Crippen LogP contribution in [0.5, 0.6) is 5.75 Å². The lowest BCUT2D eigenvalue weighted by Gasteiger charge is -2.34. The summed E-state index contributed by atoms with van der Waals surface area (Å²) in [5.41, 5.74) is 4.15. The Morgan fingerprint density at radius 2 is 1.86 bits per heavy atom. The van der Waals surface area contributed by atoms with Gasteiger partial charge in [0.2, 0.25) is 0 Å². The smallest absolute Gasteiger partial charge is 0.257 e. The number of para-hydroxylation sites is 1. The van der Waals surface area contributed by atoms with Crippen molar-refractivity contribution in [1.82, 2.24) is 24.6 Å². The first-order valence-corrected chi connectivity index (χ1v) is 12.8. The molecule has 0 spiro atoms. The molecule has 2 aromatic carbocycles. The predicted octanol–water partition coefficient (Wildman–Crippen LogP) is 4.52. The fraction of sp³-hybridized carbons (Fsp3) is 0.296. The number of benzene rings is 2. The molecule has 0 N–H and O–H groups in total. The SMILES string of the molecule is CCc1nc(CN2CCN(C(=O)c3cn(-c4ccccc4)nc3-c3cccc(OC)c3)CC2)cs1. The third-order valence-corrected chi connectivity index (χ3v) is 7.30. The lowest BCUT2D eigenvalue weighted by Crippen LogP contribution is -2.48. The Hall–Kier alpha value is -3.49. The zero-order chi connectivity index (χ0) is 24.2. The third-order valence-electron chi connectivity index (χ3n) is 6.26. The lowest BCUT2D eigenvalue weighted by atomic mass is 10.1. The molecule has 0 atom stereocenters. The topological polar surface area (TPSA) is 63.5 Å². The molecule has 3 heterocycles. The average molecular weight is 488 g/mol. The van der Waals surface area contributed by atoms with Crippen molar-refractivity contribution in [3.63, 3.8) is 0 Å². The number of methoxy groups -OCH3 is 1. The summed E-state index contributed by atoms with van der Waals surface area (Å²) in [6, 6.07) is 17.6. The van der Waals surface area contributed by atoms with Gasteiger partial charge in [0.05, 0.1) is 29.1 Å². The first kappa shape index (κ1) is 23.3. The monoisotopic (exact) mass is 487 g/mol. The number of hydrogen-bond donors (Lipinski definition) is 0. The summed E-state index contributed by atoms with van der Waals surface area (Å²) in [7, 11) is 1.64. The fourth-order valence-corrected chi connectivity index (χ4v) is 5.06. The fourth-order valence-electron chi connectivity index (χ4n) is 4.32. The lowest BCUT2D eigenvalue weighted by molar-refractivity contribution is 0.0628. The Balaban J connectivity index is 1.37. The summed E-state index contributed by atoms with van der Waals surface area (Å²) in [6.45, 7) is 5.97. The third kappa shape index (κ3) is 5.13. The van der Waals surface area contributed by atoms with Crippen molar-refractivity contribution >= 4 is 17.2 Å². The van der Waals surface area contributed by atoms with E-state index in [0.29, 0.717) is 24.3 Å². The molecule has 2 aromatic heterocycles. The van der Waals surface area contributed by atoms with E-state index in [0.717, 1.165) is 48.7 Å². The molecule has 0 aliphatic carbocycles. The van der Waals surface area contributed by atoms with Gasteiger partial charge in [-0.2, -0.15) is 5.10 Å². The number of ether oxygens (including phenoxy) is 1. The van der Waals surface area contributed by atoms with Crippen LogP contribution in [-0.2, 0) is 13.0 Å². The molecule has 0 radical (unpaired) electrons. The molecule has 180 valence electrons. The minimum atomic E-state index is 0.00609. The molecule has 1 amide bonds. The van der Waals surface area contributed by atoms with Gasteiger partial charge < -0.3 is 9.64 Å². The van der Waals surface area contributed by atoms with Gasteiger partial charge in [-0.1, -0.05) is 37.3 Å². The number of hydrogen-bond acceptors (Lipinski definition) is 6. The van der Waals surface area contributed by atoms with E-state index in [1.54, 1.807) is 23.1 Å². The molecule has 5 rings (SSSR count). The molecular formula is C27H29N5O2S. The second kappa shape index (κ2) is 10.4. The number of aryl methyl sites for hydroxylation is 1. The van der Waals surface area contributed by atoms with Crippen molar-refractivity contribution in [2.24, 2.45) is 0 Å². The van der Waals surface area contributed by atoms with Crippen LogP contribution in [0.3, 0.4) is 0 Å². The Bertz CT molecular complexity index is 1290. The van der Waals surface area contributed by atoms with E-state index in [-0.39, 0.29) is 5.91 Å². The average Bonchev–Trinajstić information content (AvgIpc) is 3.57. The maximum atomic E-state index is 13.7. The van der Waals surface area contributed by atoms with Crippen molar-refractivity contribution in [2.75, 3.05) is 33.3 Å². The van der Waals surface area contributed by atoms with Crippen molar-refractivity contribution in [3.8, 4) is 22.7 Å². The van der Waals surface area contributed by atoms with Crippen LogP contribution in [0.1, 0.15) is 28.0 Å². The summed E-state index contributed by atoms with van der Waals surface area (Å²) in [4.78, 5) is 22.7. The van der Waals surface area contributed by atoms with Crippen molar-refractivity contribution < 1.29 is 9.53 Å². The normalized spacial score (nSPS) is 14.3. The summed E-state index contributed by atoms with van der Waals surface area (Å²) in [5.74, 6) is 0.739. The van der Waals surface area contributed by atoms with Crippen molar-refractivity contribution in [3.05, 3.63) is 82.4 Å². The molecule has 1 saturated heterocycles. The van der Waals surface area contributed by atoms with Crippen molar-refractivity contribution in [2.45, 2.75) is 19.9 Å². The van der Waals surface area contributed by atoms with Gasteiger partial charge in [0.1, 0.15) is 11.4 Å². The van der Waals surface area contributed by atoms with Gasteiger partial charge in [0.15, 0.2) is 0 Å². The molecule has 7 nitrogen and oxygen atoms in total. The molecule has 4 aromatic rings.